The van der Waals surface area contributed by atoms with Gasteiger partial charge in [-0.15, -0.1) is 0 Å². The number of ether oxygens (including phenoxy) is 1. The predicted octanol–water partition coefficient (Wildman–Crippen LogP) is 5.41. The van der Waals surface area contributed by atoms with Gasteiger partial charge in [0.2, 0.25) is 0 Å². The van der Waals surface area contributed by atoms with Crippen molar-refractivity contribution in [3.63, 3.8) is 0 Å². The first-order chi connectivity index (χ1) is 11.2. The van der Waals surface area contributed by atoms with Gasteiger partial charge in [-0.3, -0.25) is 0 Å². The second-order valence-corrected chi connectivity index (χ2v) is 6.92. The second-order valence-electron chi connectivity index (χ2n) is 6.07. The molecule has 0 unspecified atom stereocenters. The highest BCUT2D eigenvalue weighted by Gasteiger charge is 2.21. The Morgan fingerprint density at radius 2 is 1.87 bits per heavy atom. The van der Waals surface area contributed by atoms with E-state index in [2.05, 4.69) is 53.2 Å². The molecule has 0 aliphatic heterocycles. The molecule has 0 amide bonds. The van der Waals surface area contributed by atoms with E-state index in [0.29, 0.717) is 11.7 Å². The summed E-state index contributed by atoms with van der Waals surface area (Å²) in [5.41, 5.74) is 4.28. The molecule has 1 fully saturated rings. The zero-order valence-corrected chi connectivity index (χ0v) is 14.9. The SMILES string of the molecule is CCc1ccc(Cc2cc(Br)c(OC3CCC3)cc2C#N)cc1. The van der Waals surface area contributed by atoms with Crippen molar-refractivity contribution in [1.29, 1.82) is 5.26 Å². The minimum absolute atomic E-state index is 0.310. The Labute approximate surface area is 146 Å². The fraction of sp³-hybridized carbons (Fsp3) is 0.350. The summed E-state index contributed by atoms with van der Waals surface area (Å²) in [5.74, 6) is 0.788. The summed E-state index contributed by atoms with van der Waals surface area (Å²) in [4.78, 5) is 0. The average molecular weight is 370 g/mol. The van der Waals surface area contributed by atoms with Crippen molar-refractivity contribution in [2.45, 2.75) is 45.1 Å². The monoisotopic (exact) mass is 369 g/mol. The summed E-state index contributed by atoms with van der Waals surface area (Å²) in [5, 5.41) is 9.48. The number of aryl methyl sites for hydroxylation is 1. The molecule has 0 heterocycles. The molecule has 2 nitrogen and oxygen atoms in total. The van der Waals surface area contributed by atoms with Crippen LogP contribution in [-0.4, -0.2) is 6.10 Å². The lowest BCUT2D eigenvalue weighted by molar-refractivity contribution is 0.119. The number of rotatable bonds is 5. The molecule has 0 aromatic heterocycles. The van der Waals surface area contributed by atoms with Gasteiger partial charge in [0.1, 0.15) is 5.75 Å². The molecular formula is C20H20BrNO. The Hall–Kier alpha value is -1.79. The van der Waals surface area contributed by atoms with Gasteiger partial charge in [0.05, 0.1) is 22.2 Å². The van der Waals surface area contributed by atoms with Gasteiger partial charge in [-0.1, -0.05) is 31.2 Å². The van der Waals surface area contributed by atoms with E-state index in [-0.39, 0.29) is 0 Å². The van der Waals surface area contributed by atoms with Gasteiger partial charge >= 0.3 is 0 Å². The van der Waals surface area contributed by atoms with Gasteiger partial charge in [0.15, 0.2) is 0 Å². The Bertz CT molecular complexity index is 727. The topological polar surface area (TPSA) is 33.0 Å². The zero-order valence-electron chi connectivity index (χ0n) is 13.3. The van der Waals surface area contributed by atoms with Crippen LogP contribution in [0.3, 0.4) is 0 Å². The van der Waals surface area contributed by atoms with Crippen molar-refractivity contribution in [1.82, 2.24) is 0 Å². The third-order valence-electron chi connectivity index (χ3n) is 4.45. The van der Waals surface area contributed by atoms with E-state index in [1.165, 1.54) is 17.5 Å². The van der Waals surface area contributed by atoms with E-state index in [0.717, 1.165) is 41.5 Å². The molecule has 0 spiro atoms. The molecule has 2 aromatic rings. The molecule has 0 atom stereocenters. The standard InChI is InChI=1S/C20H20BrNO/c1-2-14-6-8-15(9-7-14)10-16-11-19(21)20(12-17(16)13-22)23-18-4-3-5-18/h6-9,11-12,18H,2-5,10H2,1H3. The summed E-state index contributed by atoms with van der Waals surface area (Å²) in [7, 11) is 0. The molecule has 1 aliphatic rings. The van der Waals surface area contributed by atoms with Gasteiger partial charge in [-0.05, 0) is 76.9 Å². The lowest BCUT2D eigenvalue weighted by atomic mass is 9.96. The molecule has 118 valence electrons. The fourth-order valence-corrected chi connectivity index (χ4v) is 3.20. The molecule has 0 N–H and O–H groups in total. The van der Waals surface area contributed by atoms with Crippen LogP contribution in [0.4, 0.5) is 0 Å². The summed E-state index contributed by atoms with van der Waals surface area (Å²) < 4.78 is 6.89. The highest BCUT2D eigenvalue weighted by Crippen LogP contribution is 2.33. The molecular weight excluding hydrogens is 350 g/mol. The maximum absolute atomic E-state index is 9.48. The zero-order chi connectivity index (χ0) is 16.2. The minimum Gasteiger partial charge on any atom is -0.489 e. The lowest BCUT2D eigenvalue weighted by Gasteiger charge is -2.27. The van der Waals surface area contributed by atoms with Crippen LogP contribution in [0.5, 0.6) is 5.75 Å². The van der Waals surface area contributed by atoms with Crippen molar-refractivity contribution in [2.24, 2.45) is 0 Å². The highest BCUT2D eigenvalue weighted by atomic mass is 79.9. The minimum atomic E-state index is 0.310. The van der Waals surface area contributed by atoms with Gasteiger partial charge < -0.3 is 4.74 Å². The van der Waals surface area contributed by atoms with Crippen molar-refractivity contribution in [3.05, 3.63) is 63.1 Å². The smallest absolute Gasteiger partial charge is 0.135 e. The largest absolute Gasteiger partial charge is 0.489 e. The van der Waals surface area contributed by atoms with E-state index >= 15 is 0 Å². The van der Waals surface area contributed by atoms with Crippen LogP contribution in [0.1, 0.15) is 48.4 Å². The molecule has 3 heteroatoms. The molecule has 3 rings (SSSR count). The average Bonchev–Trinajstić information content (AvgIpc) is 2.53. The number of nitrogens with zero attached hydrogens (tertiary/aromatic N) is 1. The van der Waals surface area contributed by atoms with Crippen LogP contribution < -0.4 is 4.74 Å². The van der Waals surface area contributed by atoms with Crippen LogP contribution in [0.25, 0.3) is 0 Å². The quantitative estimate of drug-likeness (QED) is 0.706. The molecule has 23 heavy (non-hydrogen) atoms. The Balaban J connectivity index is 1.83. The number of nitriles is 1. The molecule has 1 saturated carbocycles. The summed E-state index contributed by atoms with van der Waals surface area (Å²) in [6.07, 6.45) is 5.57. The maximum atomic E-state index is 9.48. The summed E-state index contributed by atoms with van der Waals surface area (Å²) in [6.45, 7) is 2.15. The molecule has 0 radical (unpaired) electrons. The molecule has 0 bridgehead atoms. The van der Waals surface area contributed by atoms with Gasteiger partial charge in [-0.25, -0.2) is 0 Å². The highest BCUT2D eigenvalue weighted by molar-refractivity contribution is 9.10. The number of hydrogen-bond acceptors (Lipinski definition) is 2. The predicted molar refractivity (Wildman–Crippen MR) is 95.8 cm³/mol. The third kappa shape index (κ3) is 3.76. The van der Waals surface area contributed by atoms with Crippen LogP contribution in [0, 0.1) is 11.3 Å². The van der Waals surface area contributed by atoms with Crippen molar-refractivity contribution in [3.8, 4) is 11.8 Å². The Kier molecular flexibility index (Phi) is 5.03. The Morgan fingerprint density at radius 1 is 1.17 bits per heavy atom. The van der Waals surface area contributed by atoms with Crippen LogP contribution in [-0.2, 0) is 12.8 Å². The first-order valence-corrected chi connectivity index (χ1v) is 8.96. The molecule has 1 aliphatic carbocycles. The van der Waals surface area contributed by atoms with Gasteiger partial charge in [0, 0.05) is 0 Å². The van der Waals surface area contributed by atoms with Crippen molar-refractivity contribution >= 4 is 15.9 Å². The van der Waals surface area contributed by atoms with Crippen LogP contribution in [0.2, 0.25) is 0 Å². The van der Waals surface area contributed by atoms with Crippen molar-refractivity contribution in [2.75, 3.05) is 0 Å². The lowest BCUT2D eigenvalue weighted by Crippen LogP contribution is -2.24. The van der Waals surface area contributed by atoms with E-state index in [4.69, 9.17) is 4.74 Å². The van der Waals surface area contributed by atoms with E-state index in [1.807, 2.05) is 12.1 Å². The number of hydrogen-bond donors (Lipinski definition) is 0. The van der Waals surface area contributed by atoms with E-state index in [9.17, 15) is 5.26 Å². The fourth-order valence-electron chi connectivity index (χ4n) is 2.72. The molecule has 0 saturated heterocycles. The van der Waals surface area contributed by atoms with Crippen molar-refractivity contribution < 1.29 is 4.74 Å². The van der Waals surface area contributed by atoms with Crippen LogP contribution in [0.15, 0.2) is 40.9 Å². The summed E-state index contributed by atoms with van der Waals surface area (Å²) >= 11 is 3.59. The normalized spacial score (nSPS) is 14.1. The van der Waals surface area contributed by atoms with Gasteiger partial charge in [-0.2, -0.15) is 5.26 Å². The maximum Gasteiger partial charge on any atom is 0.135 e. The Morgan fingerprint density at radius 3 is 2.43 bits per heavy atom. The summed E-state index contributed by atoms with van der Waals surface area (Å²) in [6, 6.07) is 14.8. The third-order valence-corrected chi connectivity index (χ3v) is 5.07. The number of benzene rings is 2. The van der Waals surface area contributed by atoms with E-state index < -0.39 is 0 Å². The second kappa shape index (κ2) is 7.19. The van der Waals surface area contributed by atoms with E-state index in [1.54, 1.807) is 0 Å². The first-order valence-electron chi connectivity index (χ1n) is 8.16. The van der Waals surface area contributed by atoms with Gasteiger partial charge in [0.25, 0.3) is 0 Å². The first kappa shape index (κ1) is 16.1. The molecule has 2 aromatic carbocycles. The number of halogens is 1. The van der Waals surface area contributed by atoms with Crippen LogP contribution >= 0.6 is 15.9 Å².